The summed E-state index contributed by atoms with van der Waals surface area (Å²) in [6.07, 6.45) is 4.30. The van der Waals surface area contributed by atoms with E-state index in [9.17, 15) is 14.4 Å². The second-order valence-electron chi connectivity index (χ2n) is 4.33. The maximum absolute atomic E-state index is 11.9. The number of imide groups is 1. The Labute approximate surface area is 109 Å². The molecule has 0 spiro atoms. The molecule has 1 N–H and O–H groups in total. The van der Waals surface area contributed by atoms with Crippen molar-refractivity contribution < 1.29 is 19.1 Å². The quantitative estimate of drug-likeness (QED) is 0.612. The van der Waals surface area contributed by atoms with E-state index < -0.39 is 12.0 Å². The van der Waals surface area contributed by atoms with Gasteiger partial charge in [0.15, 0.2) is 0 Å². The lowest BCUT2D eigenvalue weighted by molar-refractivity contribution is -0.161. The molecule has 1 fully saturated rings. The summed E-state index contributed by atoms with van der Waals surface area (Å²) >= 11 is 0. The monoisotopic (exact) mass is 265 g/mol. The summed E-state index contributed by atoms with van der Waals surface area (Å²) in [4.78, 5) is 43.3. The van der Waals surface area contributed by atoms with E-state index in [4.69, 9.17) is 4.74 Å². The second-order valence-corrected chi connectivity index (χ2v) is 4.33. The Morgan fingerprint density at radius 3 is 2.68 bits per heavy atom. The maximum Gasteiger partial charge on any atom is 0.329 e. The SMILES string of the molecule is COC(=O)[C@H](Cc1cnc[nH]1)N1C(=O)CCCC1=O. The van der Waals surface area contributed by atoms with Gasteiger partial charge in [0.1, 0.15) is 6.04 Å². The standard InChI is InChI=1S/C12H15N3O4/c1-19-12(18)9(5-8-6-13-7-14-8)15-10(16)3-2-4-11(15)17/h6-7,9H,2-5H2,1H3,(H,13,14)/t9-/m0/s1. The van der Waals surface area contributed by atoms with E-state index in [1.807, 2.05) is 0 Å². The van der Waals surface area contributed by atoms with Crippen LogP contribution in [0, 0.1) is 0 Å². The highest BCUT2D eigenvalue weighted by atomic mass is 16.5. The molecule has 1 atom stereocenters. The average molecular weight is 265 g/mol. The van der Waals surface area contributed by atoms with Crippen LogP contribution < -0.4 is 0 Å². The summed E-state index contributed by atoms with van der Waals surface area (Å²) in [5.74, 6) is -1.25. The molecule has 0 saturated carbocycles. The van der Waals surface area contributed by atoms with Crippen molar-refractivity contribution in [3.8, 4) is 0 Å². The molecule has 1 aromatic rings. The van der Waals surface area contributed by atoms with Crippen LogP contribution in [0.2, 0.25) is 0 Å². The number of hydrogen-bond acceptors (Lipinski definition) is 5. The van der Waals surface area contributed by atoms with Gasteiger partial charge in [-0.15, -0.1) is 0 Å². The normalized spacial score (nSPS) is 17.4. The first-order chi connectivity index (χ1) is 9.13. The molecule has 2 heterocycles. The molecule has 19 heavy (non-hydrogen) atoms. The first-order valence-corrected chi connectivity index (χ1v) is 6.03. The topological polar surface area (TPSA) is 92.4 Å². The Kier molecular flexibility index (Phi) is 3.94. The molecule has 1 aliphatic heterocycles. The van der Waals surface area contributed by atoms with Gasteiger partial charge >= 0.3 is 5.97 Å². The van der Waals surface area contributed by atoms with Gasteiger partial charge in [0, 0.05) is 31.2 Å². The highest BCUT2D eigenvalue weighted by Crippen LogP contribution is 2.18. The molecule has 1 saturated heterocycles. The summed E-state index contributed by atoms with van der Waals surface area (Å²) in [7, 11) is 1.24. The number of aromatic amines is 1. The first-order valence-electron chi connectivity index (χ1n) is 6.03. The fourth-order valence-corrected chi connectivity index (χ4v) is 2.14. The Bertz CT molecular complexity index is 467. The number of imidazole rings is 1. The highest BCUT2D eigenvalue weighted by Gasteiger charge is 2.37. The zero-order valence-corrected chi connectivity index (χ0v) is 10.6. The van der Waals surface area contributed by atoms with Crippen molar-refractivity contribution in [1.29, 1.82) is 0 Å². The van der Waals surface area contributed by atoms with E-state index in [1.54, 1.807) is 6.20 Å². The number of hydrogen-bond donors (Lipinski definition) is 1. The third-order valence-corrected chi connectivity index (χ3v) is 3.07. The minimum atomic E-state index is -0.925. The summed E-state index contributed by atoms with van der Waals surface area (Å²) in [6.45, 7) is 0. The number of aromatic nitrogens is 2. The Morgan fingerprint density at radius 1 is 1.47 bits per heavy atom. The van der Waals surface area contributed by atoms with Gasteiger partial charge in [-0.3, -0.25) is 14.5 Å². The number of carbonyl (C=O) groups is 3. The number of amides is 2. The molecule has 2 rings (SSSR count). The number of rotatable bonds is 4. The lowest BCUT2D eigenvalue weighted by atomic mass is 10.0. The Morgan fingerprint density at radius 2 is 2.16 bits per heavy atom. The maximum atomic E-state index is 11.9. The van der Waals surface area contributed by atoms with Crippen LogP contribution in [0.4, 0.5) is 0 Å². The van der Waals surface area contributed by atoms with Crippen molar-refractivity contribution >= 4 is 17.8 Å². The van der Waals surface area contributed by atoms with Crippen LogP contribution in [0.15, 0.2) is 12.5 Å². The minimum absolute atomic E-state index is 0.185. The number of methoxy groups -OCH3 is 1. The lowest BCUT2D eigenvalue weighted by Crippen LogP contribution is -2.52. The molecule has 0 aromatic carbocycles. The van der Waals surface area contributed by atoms with Crippen LogP contribution in [-0.4, -0.2) is 45.8 Å². The number of H-pyrrole nitrogens is 1. The van der Waals surface area contributed by atoms with Crippen LogP contribution in [0.25, 0.3) is 0 Å². The Hall–Kier alpha value is -2.18. The molecular weight excluding hydrogens is 250 g/mol. The van der Waals surface area contributed by atoms with E-state index in [1.165, 1.54) is 13.4 Å². The van der Waals surface area contributed by atoms with E-state index >= 15 is 0 Å². The van der Waals surface area contributed by atoms with Crippen LogP contribution in [-0.2, 0) is 25.5 Å². The van der Waals surface area contributed by atoms with E-state index in [-0.39, 0.29) is 31.1 Å². The smallest absolute Gasteiger partial charge is 0.329 e. The van der Waals surface area contributed by atoms with Crippen molar-refractivity contribution in [1.82, 2.24) is 14.9 Å². The number of nitrogens with one attached hydrogen (secondary N) is 1. The fourth-order valence-electron chi connectivity index (χ4n) is 2.14. The zero-order chi connectivity index (χ0) is 13.8. The van der Waals surface area contributed by atoms with Gasteiger partial charge in [-0.1, -0.05) is 0 Å². The average Bonchev–Trinajstić information content (AvgIpc) is 2.89. The molecule has 1 aliphatic rings. The van der Waals surface area contributed by atoms with Gasteiger partial charge in [0.25, 0.3) is 0 Å². The van der Waals surface area contributed by atoms with Gasteiger partial charge in [-0.05, 0) is 6.42 Å². The number of ether oxygens (including phenoxy) is 1. The predicted octanol–water partition coefficient (Wildman–Crippen LogP) is 0.0329. The summed E-state index contributed by atoms with van der Waals surface area (Å²) in [6, 6.07) is -0.925. The van der Waals surface area contributed by atoms with Crippen LogP contribution in [0.5, 0.6) is 0 Å². The number of nitrogens with zero attached hydrogens (tertiary/aromatic N) is 2. The van der Waals surface area contributed by atoms with Gasteiger partial charge in [0.2, 0.25) is 11.8 Å². The van der Waals surface area contributed by atoms with Crippen molar-refractivity contribution in [2.24, 2.45) is 0 Å². The van der Waals surface area contributed by atoms with Gasteiger partial charge < -0.3 is 9.72 Å². The number of piperidine rings is 1. The fraction of sp³-hybridized carbons (Fsp3) is 0.500. The number of carbonyl (C=O) groups excluding carboxylic acids is 3. The van der Waals surface area contributed by atoms with Gasteiger partial charge in [-0.25, -0.2) is 9.78 Å². The molecule has 7 nitrogen and oxygen atoms in total. The van der Waals surface area contributed by atoms with Crippen molar-refractivity contribution in [2.75, 3.05) is 7.11 Å². The summed E-state index contributed by atoms with van der Waals surface area (Å²) < 4.78 is 4.69. The molecule has 2 amide bonds. The van der Waals surface area contributed by atoms with Crippen LogP contribution in [0.3, 0.4) is 0 Å². The molecule has 0 bridgehead atoms. The van der Waals surface area contributed by atoms with Crippen molar-refractivity contribution in [3.63, 3.8) is 0 Å². The number of likely N-dealkylation sites (tertiary alicyclic amines) is 1. The van der Waals surface area contributed by atoms with Crippen molar-refractivity contribution in [2.45, 2.75) is 31.7 Å². The van der Waals surface area contributed by atoms with E-state index in [0.717, 1.165) is 4.90 Å². The number of esters is 1. The highest BCUT2D eigenvalue weighted by molar-refractivity contribution is 6.01. The third-order valence-electron chi connectivity index (χ3n) is 3.07. The van der Waals surface area contributed by atoms with Crippen LogP contribution in [0.1, 0.15) is 25.0 Å². The van der Waals surface area contributed by atoms with Crippen LogP contribution >= 0.6 is 0 Å². The molecule has 0 unspecified atom stereocenters. The van der Waals surface area contributed by atoms with E-state index in [2.05, 4.69) is 9.97 Å². The second kappa shape index (κ2) is 5.64. The molecule has 0 radical (unpaired) electrons. The molecule has 0 aliphatic carbocycles. The van der Waals surface area contributed by atoms with Gasteiger partial charge in [0.05, 0.1) is 13.4 Å². The lowest BCUT2D eigenvalue weighted by Gasteiger charge is -2.30. The van der Waals surface area contributed by atoms with Crippen molar-refractivity contribution in [3.05, 3.63) is 18.2 Å². The summed E-state index contributed by atoms with van der Waals surface area (Å²) in [5.41, 5.74) is 0.668. The Balaban J connectivity index is 2.23. The molecule has 102 valence electrons. The summed E-state index contributed by atoms with van der Waals surface area (Å²) in [5, 5.41) is 0. The predicted molar refractivity (Wildman–Crippen MR) is 63.8 cm³/mol. The molecular formula is C12H15N3O4. The zero-order valence-electron chi connectivity index (χ0n) is 10.6. The minimum Gasteiger partial charge on any atom is -0.467 e. The van der Waals surface area contributed by atoms with Gasteiger partial charge in [-0.2, -0.15) is 0 Å². The molecule has 7 heteroatoms. The largest absolute Gasteiger partial charge is 0.467 e. The first kappa shape index (κ1) is 13.3. The van der Waals surface area contributed by atoms with E-state index in [0.29, 0.717) is 12.1 Å². The third kappa shape index (κ3) is 2.81. The molecule has 1 aromatic heterocycles.